The van der Waals surface area contributed by atoms with Gasteiger partial charge in [-0.1, -0.05) is 0 Å². The van der Waals surface area contributed by atoms with Crippen molar-refractivity contribution in [2.45, 2.75) is 37.8 Å². The maximum Gasteiger partial charge on any atom is 0.246 e. The first-order chi connectivity index (χ1) is 6.18. The highest BCUT2D eigenvalue weighted by Gasteiger charge is 2.30. The molecule has 0 aliphatic heterocycles. The highest BCUT2D eigenvalue weighted by atomic mass is 16.4. The molecule has 1 saturated carbocycles. The smallest absolute Gasteiger partial charge is 0.246 e. The van der Waals surface area contributed by atoms with E-state index in [4.69, 9.17) is 10.2 Å². The van der Waals surface area contributed by atoms with Crippen LogP contribution >= 0.6 is 0 Å². The average molecular weight is 183 g/mol. The van der Waals surface area contributed by atoms with Gasteiger partial charge in [0, 0.05) is 12.0 Å². The number of aliphatic hydroxyl groups excluding tert-OH is 1. The zero-order valence-corrected chi connectivity index (χ0v) is 7.47. The summed E-state index contributed by atoms with van der Waals surface area (Å²) < 4.78 is 5.28. The molecule has 1 unspecified atom stereocenters. The highest BCUT2D eigenvalue weighted by molar-refractivity contribution is 5.01. The molecule has 5 nitrogen and oxygen atoms in total. The van der Waals surface area contributed by atoms with Crippen LogP contribution in [0.25, 0.3) is 0 Å². The van der Waals surface area contributed by atoms with E-state index in [1.165, 1.54) is 0 Å². The minimum atomic E-state index is -0.847. The Labute approximate surface area is 76.0 Å². The van der Waals surface area contributed by atoms with E-state index in [0.29, 0.717) is 11.8 Å². The highest BCUT2D eigenvalue weighted by Crippen LogP contribution is 2.39. The molecule has 0 bridgehead atoms. The molecule has 72 valence electrons. The maximum atomic E-state index is 9.49. The number of hydrogen-bond donors (Lipinski definition) is 2. The van der Waals surface area contributed by atoms with Crippen molar-refractivity contribution in [2.75, 3.05) is 0 Å². The first kappa shape index (κ1) is 8.65. The molecule has 13 heavy (non-hydrogen) atoms. The molecule has 0 spiro atoms. The molecule has 0 amide bonds. The Balaban J connectivity index is 2.11. The first-order valence-electron chi connectivity index (χ1n) is 4.45. The van der Waals surface area contributed by atoms with Crippen LogP contribution in [0.5, 0.6) is 0 Å². The second-order valence-corrected chi connectivity index (χ2v) is 3.56. The zero-order valence-electron chi connectivity index (χ0n) is 7.47. The van der Waals surface area contributed by atoms with Gasteiger partial charge >= 0.3 is 0 Å². The van der Waals surface area contributed by atoms with E-state index < -0.39 is 6.10 Å². The van der Waals surface area contributed by atoms with Gasteiger partial charge in [0.1, 0.15) is 6.10 Å². The van der Waals surface area contributed by atoms with Crippen LogP contribution in [0, 0.1) is 0 Å². The largest absolute Gasteiger partial charge is 0.422 e. The van der Waals surface area contributed by atoms with E-state index in [9.17, 15) is 5.11 Å². The Morgan fingerprint density at radius 2 is 2.23 bits per heavy atom. The van der Waals surface area contributed by atoms with Gasteiger partial charge in [-0.2, -0.15) is 0 Å². The number of nitrogens with zero attached hydrogens (tertiary/aromatic N) is 2. The van der Waals surface area contributed by atoms with E-state index >= 15 is 0 Å². The monoisotopic (exact) mass is 183 g/mol. The Bertz CT molecular complexity index is 293. The van der Waals surface area contributed by atoms with Crippen LogP contribution in [-0.2, 0) is 0 Å². The standard InChI is InChI=1S/C8H13N3O2/c1-4(9)6(12)8-11-10-7(13-8)5-2-3-5/h4-6,12H,2-3,9H2,1H3/t4-,6?/m0/s1. The van der Waals surface area contributed by atoms with Gasteiger partial charge in [0.25, 0.3) is 0 Å². The summed E-state index contributed by atoms with van der Waals surface area (Å²) in [5.74, 6) is 1.29. The van der Waals surface area contributed by atoms with Crippen molar-refractivity contribution < 1.29 is 9.52 Å². The number of aromatic nitrogens is 2. The molecule has 1 aliphatic rings. The predicted molar refractivity (Wildman–Crippen MR) is 44.9 cm³/mol. The Kier molecular flexibility index (Phi) is 2.05. The minimum absolute atomic E-state index is 0.233. The van der Waals surface area contributed by atoms with E-state index in [-0.39, 0.29) is 11.9 Å². The third-order valence-electron chi connectivity index (χ3n) is 2.13. The van der Waals surface area contributed by atoms with Crippen LogP contribution in [0.3, 0.4) is 0 Å². The lowest BCUT2D eigenvalue weighted by Crippen LogP contribution is -2.24. The molecular weight excluding hydrogens is 170 g/mol. The van der Waals surface area contributed by atoms with Crippen molar-refractivity contribution in [3.63, 3.8) is 0 Å². The third-order valence-corrected chi connectivity index (χ3v) is 2.13. The summed E-state index contributed by atoms with van der Waals surface area (Å²) in [5, 5.41) is 17.1. The molecule has 1 aromatic rings. The molecule has 5 heteroatoms. The van der Waals surface area contributed by atoms with E-state index in [2.05, 4.69) is 10.2 Å². The SMILES string of the molecule is C[C@H](N)C(O)c1nnc(C2CC2)o1. The molecule has 0 aromatic carbocycles. The number of aliphatic hydroxyl groups is 1. The topological polar surface area (TPSA) is 85.2 Å². The van der Waals surface area contributed by atoms with Crippen LogP contribution in [0.1, 0.15) is 43.6 Å². The molecule has 0 radical (unpaired) electrons. The fourth-order valence-corrected chi connectivity index (χ4v) is 1.09. The molecule has 0 saturated heterocycles. The second-order valence-electron chi connectivity index (χ2n) is 3.56. The Morgan fingerprint density at radius 1 is 1.54 bits per heavy atom. The minimum Gasteiger partial charge on any atom is -0.422 e. The lowest BCUT2D eigenvalue weighted by atomic mass is 10.2. The molecule has 2 atom stereocenters. The molecule has 1 heterocycles. The maximum absolute atomic E-state index is 9.49. The fraction of sp³-hybridized carbons (Fsp3) is 0.750. The molecule has 1 fully saturated rings. The quantitative estimate of drug-likeness (QED) is 0.705. The average Bonchev–Trinajstić information content (AvgIpc) is 2.83. The lowest BCUT2D eigenvalue weighted by molar-refractivity contribution is 0.120. The van der Waals surface area contributed by atoms with Crippen LogP contribution in [-0.4, -0.2) is 21.3 Å². The van der Waals surface area contributed by atoms with Gasteiger partial charge in [-0.3, -0.25) is 0 Å². The number of nitrogens with two attached hydrogens (primary N) is 1. The van der Waals surface area contributed by atoms with Crippen molar-refractivity contribution in [3.8, 4) is 0 Å². The van der Waals surface area contributed by atoms with Crippen molar-refractivity contribution in [1.82, 2.24) is 10.2 Å². The summed E-state index contributed by atoms with van der Waals surface area (Å²) in [5.41, 5.74) is 5.49. The van der Waals surface area contributed by atoms with Crippen LogP contribution in [0.15, 0.2) is 4.42 Å². The van der Waals surface area contributed by atoms with Gasteiger partial charge in [-0.15, -0.1) is 10.2 Å². The van der Waals surface area contributed by atoms with Gasteiger partial charge in [-0.25, -0.2) is 0 Å². The van der Waals surface area contributed by atoms with Crippen molar-refractivity contribution in [2.24, 2.45) is 5.73 Å². The summed E-state index contributed by atoms with van der Waals surface area (Å²) in [6.45, 7) is 1.70. The Morgan fingerprint density at radius 3 is 2.77 bits per heavy atom. The molecule has 3 N–H and O–H groups in total. The normalized spacial score (nSPS) is 21.5. The van der Waals surface area contributed by atoms with Gasteiger partial charge in [0.2, 0.25) is 11.8 Å². The van der Waals surface area contributed by atoms with E-state index in [1.54, 1.807) is 6.92 Å². The Hall–Kier alpha value is -0.940. The van der Waals surface area contributed by atoms with Crippen LogP contribution < -0.4 is 5.73 Å². The summed E-state index contributed by atoms with van der Waals surface area (Å²) in [6, 6.07) is -0.382. The van der Waals surface area contributed by atoms with Gasteiger partial charge in [-0.05, 0) is 19.8 Å². The van der Waals surface area contributed by atoms with Crippen molar-refractivity contribution in [1.29, 1.82) is 0 Å². The van der Waals surface area contributed by atoms with Crippen LogP contribution in [0.4, 0.5) is 0 Å². The van der Waals surface area contributed by atoms with E-state index in [1.807, 2.05) is 0 Å². The van der Waals surface area contributed by atoms with Crippen LogP contribution in [0.2, 0.25) is 0 Å². The summed E-state index contributed by atoms with van der Waals surface area (Å²) >= 11 is 0. The van der Waals surface area contributed by atoms with Crippen molar-refractivity contribution in [3.05, 3.63) is 11.8 Å². The molecular formula is C8H13N3O2. The predicted octanol–water partition coefficient (Wildman–Crippen LogP) is 0.328. The molecule has 1 aromatic heterocycles. The first-order valence-corrected chi connectivity index (χ1v) is 4.45. The molecule has 1 aliphatic carbocycles. The van der Waals surface area contributed by atoms with Gasteiger partial charge < -0.3 is 15.3 Å². The molecule has 2 rings (SSSR count). The van der Waals surface area contributed by atoms with Gasteiger partial charge in [0.15, 0.2) is 0 Å². The number of rotatable bonds is 3. The number of hydrogen-bond acceptors (Lipinski definition) is 5. The summed E-state index contributed by atoms with van der Waals surface area (Å²) in [6.07, 6.45) is 1.37. The van der Waals surface area contributed by atoms with Gasteiger partial charge in [0.05, 0.1) is 0 Å². The van der Waals surface area contributed by atoms with Crippen molar-refractivity contribution >= 4 is 0 Å². The second kappa shape index (κ2) is 3.08. The van der Waals surface area contributed by atoms with E-state index in [0.717, 1.165) is 12.8 Å². The summed E-state index contributed by atoms with van der Waals surface area (Å²) in [7, 11) is 0. The lowest BCUT2D eigenvalue weighted by Gasteiger charge is -2.08. The third kappa shape index (κ3) is 1.71. The summed E-state index contributed by atoms with van der Waals surface area (Å²) in [4.78, 5) is 0. The zero-order chi connectivity index (χ0) is 9.42. The fourth-order valence-electron chi connectivity index (χ4n) is 1.09.